The van der Waals surface area contributed by atoms with Crippen LogP contribution in [0.15, 0.2) is 48.5 Å². The van der Waals surface area contributed by atoms with Crippen molar-refractivity contribution in [1.29, 1.82) is 0 Å². The number of rotatable bonds is 7. The first-order valence-electron chi connectivity index (χ1n) is 12.0. The predicted octanol–water partition coefficient (Wildman–Crippen LogP) is 6.77. The van der Waals surface area contributed by atoms with Crippen LogP contribution < -0.4 is 9.47 Å². The molecule has 2 heterocycles. The van der Waals surface area contributed by atoms with Crippen molar-refractivity contribution < 1.29 is 46.1 Å². The first-order chi connectivity index (χ1) is 18.3. The van der Waals surface area contributed by atoms with Gasteiger partial charge >= 0.3 is 12.1 Å². The van der Waals surface area contributed by atoms with Crippen molar-refractivity contribution in [2.75, 3.05) is 7.11 Å². The van der Waals surface area contributed by atoms with Gasteiger partial charge in [-0.25, -0.2) is 9.18 Å². The van der Waals surface area contributed by atoms with Gasteiger partial charge in [0.05, 0.1) is 12.8 Å². The number of hydrogen-bond donors (Lipinski definition) is 1. The molecule has 208 valence electrons. The molecule has 0 radical (unpaired) electrons. The number of carboxylic acids is 1. The molecule has 1 fully saturated rings. The summed E-state index contributed by atoms with van der Waals surface area (Å²) in [6, 6.07) is 12.1. The summed E-state index contributed by atoms with van der Waals surface area (Å²) in [5, 5.41) is 10.2. The van der Waals surface area contributed by atoms with Crippen LogP contribution in [0, 0.1) is 24.5 Å². The molecule has 6 nitrogen and oxygen atoms in total. The number of ether oxygens (including phenoxy) is 3. The molecule has 1 aromatic heterocycles. The normalized spacial score (nSPS) is 23.1. The SMILES string of the molecule is COc1c([C@H]2[C@H](c3nc(C)cc(OCc4ccccc4)c3C(=O)O)O[C@@](C)(C(F)(F)F)[C@H]2C)ccc(F)c1F. The van der Waals surface area contributed by atoms with E-state index in [-0.39, 0.29) is 29.3 Å². The number of carboxylic acid groups (broad SMARTS) is 1. The lowest BCUT2D eigenvalue weighted by molar-refractivity contribution is -0.275. The Morgan fingerprint density at radius 3 is 2.41 bits per heavy atom. The van der Waals surface area contributed by atoms with E-state index in [1.54, 1.807) is 30.3 Å². The summed E-state index contributed by atoms with van der Waals surface area (Å²) < 4.78 is 88.3. The smallest absolute Gasteiger partial charge is 0.417 e. The molecule has 4 rings (SSSR count). The first kappa shape index (κ1) is 28.3. The highest BCUT2D eigenvalue weighted by Crippen LogP contribution is 2.60. The maximum absolute atomic E-state index is 14.7. The summed E-state index contributed by atoms with van der Waals surface area (Å²) in [5.74, 6) is -7.58. The number of methoxy groups -OCH3 is 1. The second kappa shape index (κ2) is 10.4. The first-order valence-corrected chi connectivity index (χ1v) is 12.0. The topological polar surface area (TPSA) is 77.9 Å². The van der Waals surface area contributed by atoms with Crippen molar-refractivity contribution >= 4 is 5.97 Å². The highest BCUT2D eigenvalue weighted by atomic mass is 19.4. The second-order valence-corrected chi connectivity index (χ2v) is 9.54. The molecular weight excluding hydrogens is 525 g/mol. The van der Waals surface area contributed by atoms with Gasteiger partial charge < -0.3 is 19.3 Å². The van der Waals surface area contributed by atoms with Crippen LogP contribution in [-0.4, -0.2) is 34.9 Å². The minimum atomic E-state index is -4.90. The van der Waals surface area contributed by atoms with Gasteiger partial charge in [-0.1, -0.05) is 43.3 Å². The fraction of sp³-hybridized carbons (Fsp3) is 0.357. The van der Waals surface area contributed by atoms with E-state index >= 15 is 0 Å². The number of aromatic nitrogens is 1. The molecule has 39 heavy (non-hydrogen) atoms. The summed E-state index contributed by atoms with van der Waals surface area (Å²) >= 11 is 0. The van der Waals surface area contributed by atoms with E-state index in [0.29, 0.717) is 0 Å². The number of benzene rings is 2. The van der Waals surface area contributed by atoms with Gasteiger partial charge in [-0.3, -0.25) is 4.98 Å². The number of alkyl halides is 3. The number of pyridine rings is 1. The molecule has 3 aromatic rings. The molecule has 1 aliphatic rings. The van der Waals surface area contributed by atoms with E-state index in [1.807, 2.05) is 0 Å². The number of aromatic carboxylic acids is 1. The van der Waals surface area contributed by atoms with Crippen LogP contribution in [0.2, 0.25) is 0 Å². The molecule has 2 aromatic carbocycles. The molecule has 0 saturated carbocycles. The molecule has 0 bridgehead atoms. The average Bonchev–Trinajstić information content (AvgIpc) is 3.15. The third-order valence-corrected chi connectivity index (χ3v) is 7.17. The largest absolute Gasteiger partial charge is 0.493 e. The Morgan fingerprint density at radius 1 is 1.15 bits per heavy atom. The van der Waals surface area contributed by atoms with Crippen molar-refractivity contribution in [3.8, 4) is 11.5 Å². The highest BCUT2D eigenvalue weighted by Gasteiger charge is 2.65. The van der Waals surface area contributed by atoms with Crippen molar-refractivity contribution in [1.82, 2.24) is 4.98 Å². The van der Waals surface area contributed by atoms with E-state index in [9.17, 15) is 31.9 Å². The van der Waals surface area contributed by atoms with E-state index in [2.05, 4.69) is 4.98 Å². The Bertz CT molecular complexity index is 1380. The third kappa shape index (κ3) is 5.03. The minimum absolute atomic E-state index is 0.0212. The van der Waals surface area contributed by atoms with Gasteiger partial charge in [-0.05, 0) is 25.5 Å². The van der Waals surface area contributed by atoms with E-state index < -0.39 is 58.6 Å². The summed E-state index contributed by atoms with van der Waals surface area (Å²) in [6.45, 7) is 3.59. The molecule has 4 atom stereocenters. The number of aryl methyl sites for hydroxylation is 1. The molecule has 0 amide bonds. The van der Waals surface area contributed by atoms with E-state index in [1.165, 1.54) is 19.9 Å². The number of hydrogen-bond acceptors (Lipinski definition) is 5. The Kier molecular flexibility index (Phi) is 7.57. The number of carbonyl (C=O) groups is 1. The van der Waals surface area contributed by atoms with Crippen molar-refractivity contribution in [3.63, 3.8) is 0 Å². The Labute approximate surface area is 221 Å². The summed E-state index contributed by atoms with van der Waals surface area (Å²) in [7, 11) is 1.06. The van der Waals surface area contributed by atoms with Gasteiger partial charge in [0.2, 0.25) is 5.82 Å². The van der Waals surface area contributed by atoms with Gasteiger partial charge in [-0.15, -0.1) is 0 Å². The van der Waals surface area contributed by atoms with Crippen molar-refractivity contribution in [2.45, 2.75) is 51.2 Å². The molecule has 0 unspecified atom stereocenters. The van der Waals surface area contributed by atoms with Crippen LogP contribution in [0.25, 0.3) is 0 Å². The van der Waals surface area contributed by atoms with Crippen LogP contribution in [0.4, 0.5) is 22.0 Å². The Balaban J connectivity index is 1.92. The van der Waals surface area contributed by atoms with Crippen molar-refractivity contribution in [3.05, 3.63) is 88.2 Å². The number of halogens is 5. The van der Waals surface area contributed by atoms with Gasteiger partial charge in [0, 0.05) is 29.2 Å². The van der Waals surface area contributed by atoms with Gasteiger partial charge in [0.15, 0.2) is 17.2 Å². The number of nitrogens with zero attached hydrogens (tertiary/aromatic N) is 1. The summed E-state index contributed by atoms with van der Waals surface area (Å²) in [4.78, 5) is 16.8. The van der Waals surface area contributed by atoms with Crippen LogP contribution in [0.3, 0.4) is 0 Å². The fourth-order valence-corrected chi connectivity index (χ4v) is 4.99. The molecule has 1 N–H and O–H groups in total. The maximum Gasteiger partial charge on any atom is 0.417 e. The summed E-state index contributed by atoms with van der Waals surface area (Å²) in [5.41, 5.74) is -2.75. The lowest BCUT2D eigenvalue weighted by Crippen LogP contribution is -2.46. The van der Waals surface area contributed by atoms with Gasteiger partial charge in [0.1, 0.15) is 24.0 Å². The van der Waals surface area contributed by atoms with Crippen LogP contribution in [0.1, 0.15) is 58.7 Å². The zero-order chi connectivity index (χ0) is 28.7. The van der Waals surface area contributed by atoms with E-state index in [0.717, 1.165) is 31.7 Å². The zero-order valence-corrected chi connectivity index (χ0v) is 21.5. The minimum Gasteiger partial charge on any atom is -0.493 e. The Hall–Kier alpha value is -3.73. The molecular formula is C28H26F5NO5. The quantitative estimate of drug-likeness (QED) is 0.327. The third-order valence-electron chi connectivity index (χ3n) is 7.17. The van der Waals surface area contributed by atoms with Crippen LogP contribution >= 0.6 is 0 Å². The monoisotopic (exact) mass is 551 g/mol. The highest BCUT2D eigenvalue weighted by molar-refractivity contribution is 5.92. The average molecular weight is 552 g/mol. The molecule has 1 aliphatic heterocycles. The zero-order valence-electron chi connectivity index (χ0n) is 21.5. The van der Waals surface area contributed by atoms with Gasteiger partial charge in [-0.2, -0.15) is 17.6 Å². The van der Waals surface area contributed by atoms with E-state index in [4.69, 9.17) is 14.2 Å². The predicted molar refractivity (Wildman–Crippen MR) is 130 cm³/mol. The lowest BCUT2D eigenvalue weighted by atomic mass is 9.76. The van der Waals surface area contributed by atoms with Crippen molar-refractivity contribution in [2.24, 2.45) is 5.92 Å². The Morgan fingerprint density at radius 2 is 1.82 bits per heavy atom. The van der Waals surface area contributed by atoms with Crippen LogP contribution in [-0.2, 0) is 11.3 Å². The molecule has 0 spiro atoms. The van der Waals surface area contributed by atoms with Crippen LogP contribution in [0.5, 0.6) is 11.5 Å². The maximum atomic E-state index is 14.7. The molecule has 1 saturated heterocycles. The summed E-state index contributed by atoms with van der Waals surface area (Å²) in [6.07, 6.45) is -6.53. The fourth-order valence-electron chi connectivity index (χ4n) is 4.99. The molecule has 11 heteroatoms. The van der Waals surface area contributed by atoms with Gasteiger partial charge in [0.25, 0.3) is 0 Å². The second-order valence-electron chi connectivity index (χ2n) is 9.54. The lowest BCUT2D eigenvalue weighted by Gasteiger charge is -2.32. The molecule has 0 aliphatic carbocycles. The standard InChI is InChI=1S/C28H26F5NO5/c1-14-12-19(38-13-16-8-6-5-7-9-16)21(26(35)36)23(34-14)25-20(15(2)27(3,39-25)28(31,32)33)17-10-11-18(29)22(30)24(17)37-4/h5-12,15,20,25H,13H2,1-4H3,(H,35,36)/t15-,20-,25+,27+/m0/s1.